The van der Waals surface area contributed by atoms with E-state index in [9.17, 15) is 0 Å². The third kappa shape index (κ3) is 3.79. The Hall–Kier alpha value is -3.03. The van der Waals surface area contributed by atoms with E-state index in [4.69, 9.17) is 11.6 Å². The normalized spacial score (nSPS) is 10.5. The first-order valence-corrected chi connectivity index (χ1v) is 9.06. The fraction of sp³-hybridized carbons (Fsp3) is 0. The van der Waals surface area contributed by atoms with Crippen molar-refractivity contribution in [1.82, 2.24) is 19.9 Å². The molecule has 0 bridgehead atoms. The third-order valence-electron chi connectivity index (χ3n) is 3.51. The number of halogens is 1. The van der Waals surface area contributed by atoms with E-state index in [-0.39, 0.29) is 0 Å². The molecule has 0 aromatic carbocycles. The van der Waals surface area contributed by atoms with E-state index >= 15 is 0 Å². The molecule has 0 saturated heterocycles. The van der Waals surface area contributed by atoms with Crippen molar-refractivity contribution in [2.75, 3.05) is 10.6 Å². The summed E-state index contributed by atoms with van der Waals surface area (Å²) >= 11 is 7.83. The summed E-state index contributed by atoms with van der Waals surface area (Å²) < 4.78 is 0. The zero-order chi connectivity index (χ0) is 17.8. The highest BCUT2D eigenvalue weighted by atomic mass is 35.5. The monoisotopic (exact) mass is 380 g/mol. The lowest BCUT2D eigenvalue weighted by molar-refractivity contribution is 1.14. The maximum atomic E-state index is 6.17. The van der Waals surface area contributed by atoms with Gasteiger partial charge in [-0.2, -0.15) is 16.3 Å². The topological polar surface area (TPSA) is 75.6 Å². The van der Waals surface area contributed by atoms with Gasteiger partial charge in [-0.3, -0.25) is 0 Å². The number of nitrogens with one attached hydrogen (secondary N) is 2. The van der Waals surface area contributed by atoms with Gasteiger partial charge in [0.15, 0.2) is 5.82 Å². The summed E-state index contributed by atoms with van der Waals surface area (Å²) in [4.78, 5) is 17.2. The fourth-order valence-corrected chi connectivity index (χ4v) is 3.06. The van der Waals surface area contributed by atoms with E-state index in [2.05, 4.69) is 42.0 Å². The van der Waals surface area contributed by atoms with Crippen molar-refractivity contribution in [3.8, 4) is 11.1 Å². The predicted molar refractivity (Wildman–Crippen MR) is 105 cm³/mol. The highest BCUT2D eigenvalue weighted by Crippen LogP contribution is 2.25. The van der Waals surface area contributed by atoms with Crippen LogP contribution in [0.1, 0.15) is 0 Å². The molecule has 0 fully saturated rings. The van der Waals surface area contributed by atoms with Gasteiger partial charge < -0.3 is 10.6 Å². The van der Waals surface area contributed by atoms with Gasteiger partial charge >= 0.3 is 0 Å². The molecular formula is C18H13ClN6S. The molecule has 0 aliphatic heterocycles. The SMILES string of the molecule is Clc1cnc(Nc2ccc(-c3ccsc3)cn2)nc1Nc1ccccn1. The highest BCUT2D eigenvalue weighted by molar-refractivity contribution is 7.08. The summed E-state index contributed by atoms with van der Waals surface area (Å²) in [6.07, 6.45) is 5.03. The van der Waals surface area contributed by atoms with Crippen LogP contribution in [0.4, 0.5) is 23.4 Å². The van der Waals surface area contributed by atoms with Gasteiger partial charge in [-0.05, 0) is 46.7 Å². The summed E-state index contributed by atoms with van der Waals surface area (Å²) in [6.45, 7) is 0. The van der Waals surface area contributed by atoms with Crippen molar-refractivity contribution < 1.29 is 0 Å². The molecular weight excluding hydrogens is 368 g/mol. The van der Waals surface area contributed by atoms with Gasteiger partial charge in [0.2, 0.25) is 5.95 Å². The lowest BCUT2D eigenvalue weighted by Crippen LogP contribution is -2.03. The fourth-order valence-electron chi connectivity index (χ4n) is 2.25. The Bertz CT molecular complexity index is 990. The molecule has 0 aliphatic carbocycles. The maximum absolute atomic E-state index is 6.17. The van der Waals surface area contributed by atoms with Crippen LogP contribution in [0.5, 0.6) is 0 Å². The number of hydrogen-bond donors (Lipinski definition) is 2. The lowest BCUT2D eigenvalue weighted by Gasteiger charge is -2.09. The number of nitrogens with zero attached hydrogens (tertiary/aromatic N) is 4. The second-order valence-corrected chi connectivity index (χ2v) is 6.49. The molecule has 26 heavy (non-hydrogen) atoms. The predicted octanol–water partition coefficient (Wildman–Crippen LogP) is 5.14. The number of thiophene rings is 1. The van der Waals surface area contributed by atoms with Gasteiger partial charge in [-0.25, -0.2) is 15.0 Å². The summed E-state index contributed by atoms with van der Waals surface area (Å²) in [6, 6.07) is 11.5. The molecule has 0 amide bonds. The van der Waals surface area contributed by atoms with E-state index < -0.39 is 0 Å². The smallest absolute Gasteiger partial charge is 0.230 e. The van der Waals surface area contributed by atoms with E-state index in [1.165, 1.54) is 6.20 Å². The largest absolute Gasteiger partial charge is 0.324 e. The second-order valence-electron chi connectivity index (χ2n) is 5.30. The molecule has 0 unspecified atom stereocenters. The number of anilines is 4. The first kappa shape index (κ1) is 16.4. The lowest BCUT2D eigenvalue weighted by atomic mass is 10.1. The van der Waals surface area contributed by atoms with Crippen molar-refractivity contribution >= 4 is 46.3 Å². The zero-order valence-electron chi connectivity index (χ0n) is 13.4. The van der Waals surface area contributed by atoms with E-state index in [0.29, 0.717) is 28.4 Å². The van der Waals surface area contributed by atoms with Crippen LogP contribution in [0.3, 0.4) is 0 Å². The molecule has 0 radical (unpaired) electrons. The Balaban J connectivity index is 1.52. The first-order chi connectivity index (χ1) is 12.8. The van der Waals surface area contributed by atoms with Crippen LogP contribution in [0.2, 0.25) is 5.02 Å². The van der Waals surface area contributed by atoms with Crippen LogP contribution in [-0.4, -0.2) is 19.9 Å². The molecule has 0 saturated carbocycles. The van der Waals surface area contributed by atoms with E-state index in [1.54, 1.807) is 17.5 Å². The Morgan fingerprint density at radius 2 is 1.77 bits per heavy atom. The Labute approximate surface area is 159 Å². The minimum Gasteiger partial charge on any atom is -0.324 e. The number of aromatic nitrogens is 4. The van der Waals surface area contributed by atoms with Gasteiger partial charge in [0.1, 0.15) is 16.7 Å². The summed E-state index contributed by atoms with van der Waals surface area (Å²) in [7, 11) is 0. The molecule has 8 heteroatoms. The number of pyridine rings is 2. The molecule has 0 spiro atoms. The quantitative estimate of drug-likeness (QED) is 0.499. The van der Waals surface area contributed by atoms with Crippen LogP contribution in [0, 0.1) is 0 Å². The number of hydrogen-bond acceptors (Lipinski definition) is 7. The van der Waals surface area contributed by atoms with Crippen LogP contribution in [0.15, 0.2) is 65.7 Å². The van der Waals surface area contributed by atoms with Gasteiger partial charge in [-0.15, -0.1) is 0 Å². The van der Waals surface area contributed by atoms with E-state index in [1.807, 2.05) is 41.9 Å². The Kier molecular flexibility index (Phi) is 4.72. The molecule has 4 aromatic rings. The van der Waals surface area contributed by atoms with Gasteiger partial charge in [0.05, 0.1) is 6.20 Å². The van der Waals surface area contributed by atoms with Gasteiger partial charge in [0, 0.05) is 18.0 Å². The van der Waals surface area contributed by atoms with Crippen molar-refractivity contribution in [2.24, 2.45) is 0 Å². The second kappa shape index (κ2) is 7.47. The molecule has 0 aliphatic rings. The average molecular weight is 381 g/mol. The van der Waals surface area contributed by atoms with Crippen molar-refractivity contribution in [2.45, 2.75) is 0 Å². The number of rotatable bonds is 5. The Morgan fingerprint density at radius 1 is 0.846 bits per heavy atom. The molecule has 2 N–H and O–H groups in total. The van der Waals surface area contributed by atoms with Gasteiger partial charge in [-0.1, -0.05) is 17.7 Å². The van der Waals surface area contributed by atoms with E-state index in [0.717, 1.165) is 11.1 Å². The van der Waals surface area contributed by atoms with Crippen LogP contribution in [-0.2, 0) is 0 Å². The molecule has 4 heterocycles. The summed E-state index contributed by atoms with van der Waals surface area (Å²) in [5.74, 6) is 2.16. The van der Waals surface area contributed by atoms with Crippen LogP contribution >= 0.6 is 22.9 Å². The van der Waals surface area contributed by atoms with Crippen molar-refractivity contribution in [3.05, 3.63) is 70.8 Å². The van der Waals surface area contributed by atoms with Crippen molar-refractivity contribution in [1.29, 1.82) is 0 Å². The van der Waals surface area contributed by atoms with Crippen molar-refractivity contribution in [3.63, 3.8) is 0 Å². The molecule has 4 aromatic heterocycles. The van der Waals surface area contributed by atoms with Gasteiger partial charge in [0.25, 0.3) is 0 Å². The van der Waals surface area contributed by atoms with Crippen LogP contribution < -0.4 is 10.6 Å². The molecule has 128 valence electrons. The standard InChI is InChI=1S/C18H13ClN6S/c19-14-10-22-18(25-17(14)23-15-3-1-2-7-20-15)24-16-5-4-12(9-21-16)13-6-8-26-11-13/h1-11H,(H2,20,21,22,23,24,25). The minimum absolute atomic E-state index is 0.392. The maximum Gasteiger partial charge on any atom is 0.230 e. The first-order valence-electron chi connectivity index (χ1n) is 7.74. The summed E-state index contributed by atoms with van der Waals surface area (Å²) in [5.41, 5.74) is 2.21. The zero-order valence-corrected chi connectivity index (χ0v) is 15.0. The Morgan fingerprint density at radius 3 is 2.50 bits per heavy atom. The third-order valence-corrected chi connectivity index (χ3v) is 4.47. The summed E-state index contributed by atoms with van der Waals surface area (Å²) in [5, 5.41) is 10.7. The highest BCUT2D eigenvalue weighted by Gasteiger charge is 2.08. The molecule has 0 atom stereocenters. The van der Waals surface area contributed by atoms with Crippen LogP contribution in [0.25, 0.3) is 11.1 Å². The minimum atomic E-state index is 0.392. The molecule has 6 nitrogen and oxygen atoms in total. The average Bonchev–Trinajstić information content (AvgIpc) is 3.21. The molecule has 4 rings (SSSR count).